The first-order chi connectivity index (χ1) is 11.6. The minimum atomic E-state index is -0.260. The summed E-state index contributed by atoms with van der Waals surface area (Å²) in [6.45, 7) is 4.39. The van der Waals surface area contributed by atoms with Crippen LogP contribution >= 0.6 is 0 Å². The van der Waals surface area contributed by atoms with Crippen LogP contribution < -0.4 is 5.32 Å². The predicted molar refractivity (Wildman–Crippen MR) is 88.9 cm³/mol. The van der Waals surface area contributed by atoms with Gasteiger partial charge in [-0.05, 0) is 50.4 Å². The van der Waals surface area contributed by atoms with Crippen molar-refractivity contribution in [3.8, 4) is 0 Å². The van der Waals surface area contributed by atoms with E-state index in [2.05, 4.69) is 5.32 Å². The number of nitrogens with one attached hydrogen (secondary N) is 1. The number of rotatable bonds is 7. The lowest BCUT2D eigenvalue weighted by Gasteiger charge is -2.30. The molecule has 1 aliphatic rings. The van der Waals surface area contributed by atoms with Crippen molar-refractivity contribution in [1.29, 1.82) is 0 Å². The van der Waals surface area contributed by atoms with Crippen LogP contribution in [0.15, 0.2) is 24.3 Å². The van der Waals surface area contributed by atoms with Crippen molar-refractivity contribution in [3.05, 3.63) is 35.6 Å². The van der Waals surface area contributed by atoms with E-state index in [4.69, 9.17) is 4.74 Å². The second-order valence-corrected chi connectivity index (χ2v) is 6.05. The maximum atomic E-state index is 12.8. The largest absolute Gasteiger partial charge is 0.466 e. The molecule has 0 radical (unpaired) electrons. The summed E-state index contributed by atoms with van der Waals surface area (Å²) in [6.07, 6.45) is 2.38. The minimum Gasteiger partial charge on any atom is -0.466 e. The number of hydrogen-bond acceptors (Lipinski definition) is 4. The number of halogens is 1. The molecular weight excluding hydrogens is 311 g/mol. The van der Waals surface area contributed by atoms with Gasteiger partial charge in [0.2, 0.25) is 5.91 Å². The van der Waals surface area contributed by atoms with E-state index in [1.54, 1.807) is 19.1 Å². The number of hydrogen-bond donors (Lipinski definition) is 1. The Hall–Kier alpha value is -1.95. The van der Waals surface area contributed by atoms with Crippen molar-refractivity contribution in [2.75, 3.05) is 32.8 Å². The van der Waals surface area contributed by atoms with Crippen molar-refractivity contribution < 1.29 is 18.7 Å². The summed E-state index contributed by atoms with van der Waals surface area (Å²) in [5.74, 6) is -0.615. The number of benzene rings is 1. The lowest BCUT2D eigenvalue weighted by atomic mass is 9.98. The van der Waals surface area contributed by atoms with Gasteiger partial charge in [0, 0.05) is 13.1 Å². The van der Waals surface area contributed by atoms with Gasteiger partial charge in [-0.3, -0.25) is 14.5 Å². The fraction of sp³-hybridized carbons (Fsp3) is 0.556. The quantitative estimate of drug-likeness (QED) is 0.771. The molecule has 0 bridgehead atoms. The number of ether oxygens (including phenoxy) is 1. The van der Waals surface area contributed by atoms with E-state index < -0.39 is 0 Å². The third kappa shape index (κ3) is 5.92. The summed E-state index contributed by atoms with van der Waals surface area (Å²) < 4.78 is 17.9. The fourth-order valence-corrected chi connectivity index (χ4v) is 2.91. The summed E-state index contributed by atoms with van der Waals surface area (Å²) in [4.78, 5) is 25.8. The van der Waals surface area contributed by atoms with Crippen LogP contribution in [-0.2, 0) is 20.7 Å². The Morgan fingerprint density at radius 1 is 1.33 bits per heavy atom. The minimum absolute atomic E-state index is 0.0541. The lowest BCUT2D eigenvalue weighted by Crippen LogP contribution is -2.44. The Bertz CT molecular complexity index is 548. The summed E-state index contributed by atoms with van der Waals surface area (Å²) >= 11 is 0. The third-order valence-electron chi connectivity index (χ3n) is 4.14. The highest BCUT2D eigenvalue weighted by Gasteiger charge is 2.27. The molecular formula is C18H25FN2O3. The molecule has 1 fully saturated rings. The van der Waals surface area contributed by atoms with Crippen LogP contribution in [-0.4, -0.2) is 49.6 Å². The summed E-state index contributed by atoms with van der Waals surface area (Å²) in [6, 6.07) is 6.27. The lowest BCUT2D eigenvalue weighted by molar-refractivity contribution is -0.150. The first-order valence-corrected chi connectivity index (χ1v) is 8.48. The maximum absolute atomic E-state index is 12.8. The highest BCUT2D eigenvalue weighted by atomic mass is 19.1. The van der Waals surface area contributed by atoms with Crippen LogP contribution in [0.5, 0.6) is 0 Å². The molecule has 1 N–H and O–H groups in total. The Labute approximate surface area is 142 Å². The topological polar surface area (TPSA) is 58.6 Å². The Kier molecular flexibility index (Phi) is 7.18. The van der Waals surface area contributed by atoms with Crippen LogP contribution in [0.4, 0.5) is 4.39 Å². The van der Waals surface area contributed by atoms with E-state index in [1.807, 2.05) is 4.90 Å². The monoisotopic (exact) mass is 336 g/mol. The second kappa shape index (κ2) is 9.37. The van der Waals surface area contributed by atoms with Gasteiger partial charge in [-0.1, -0.05) is 12.1 Å². The molecule has 24 heavy (non-hydrogen) atoms. The molecule has 5 nitrogen and oxygen atoms in total. The zero-order chi connectivity index (χ0) is 17.4. The number of amides is 1. The molecule has 0 spiro atoms. The molecule has 2 rings (SSSR count). The van der Waals surface area contributed by atoms with Gasteiger partial charge in [0.1, 0.15) is 5.82 Å². The van der Waals surface area contributed by atoms with Gasteiger partial charge >= 0.3 is 5.97 Å². The van der Waals surface area contributed by atoms with E-state index in [0.29, 0.717) is 32.7 Å². The molecule has 0 aliphatic carbocycles. The van der Waals surface area contributed by atoms with Crippen molar-refractivity contribution in [2.24, 2.45) is 5.92 Å². The number of likely N-dealkylation sites (tertiary alicyclic amines) is 1. The molecule has 0 saturated carbocycles. The first kappa shape index (κ1) is 18.4. The second-order valence-electron chi connectivity index (χ2n) is 6.05. The van der Waals surface area contributed by atoms with Crippen molar-refractivity contribution >= 4 is 11.9 Å². The Morgan fingerprint density at radius 3 is 2.79 bits per heavy atom. The molecule has 1 amide bonds. The molecule has 0 aromatic heterocycles. The van der Waals surface area contributed by atoms with Crippen LogP contribution in [0.3, 0.4) is 0 Å². The summed E-state index contributed by atoms with van der Waals surface area (Å²) in [5, 5.41) is 2.87. The van der Waals surface area contributed by atoms with Gasteiger partial charge in [-0.15, -0.1) is 0 Å². The number of nitrogens with zero attached hydrogens (tertiary/aromatic N) is 1. The molecule has 1 unspecified atom stereocenters. The van der Waals surface area contributed by atoms with Gasteiger partial charge in [-0.25, -0.2) is 4.39 Å². The molecule has 1 aliphatic heterocycles. The molecule has 1 heterocycles. The number of carbonyl (C=O) groups excluding carboxylic acids is 2. The Balaban J connectivity index is 1.69. The average Bonchev–Trinajstić information content (AvgIpc) is 2.57. The molecule has 1 atom stereocenters. The van der Waals surface area contributed by atoms with Crippen LogP contribution in [0.1, 0.15) is 25.3 Å². The molecule has 1 aromatic carbocycles. The van der Waals surface area contributed by atoms with Crippen molar-refractivity contribution in [3.63, 3.8) is 0 Å². The van der Waals surface area contributed by atoms with Gasteiger partial charge in [0.25, 0.3) is 0 Å². The van der Waals surface area contributed by atoms with Crippen LogP contribution in [0, 0.1) is 11.7 Å². The van der Waals surface area contributed by atoms with Crippen molar-refractivity contribution in [1.82, 2.24) is 10.2 Å². The third-order valence-corrected chi connectivity index (χ3v) is 4.14. The fourth-order valence-electron chi connectivity index (χ4n) is 2.91. The average molecular weight is 336 g/mol. The molecule has 132 valence electrons. The Morgan fingerprint density at radius 2 is 2.08 bits per heavy atom. The van der Waals surface area contributed by atoms with Crippen LogP contribution in [0.25, 0.3) is 0 Å². The van der Waals surface area contributed by atoms with Crippen LogP contribution in [0.2, 0.25) is 0 Å². The molecule has 1 saturated heterocycles. The van der Waals surface area contributed by atoms with Gasteiger partial charge in [0.15, 0.2) is 0 Å². The highest BCUT2D eigenvalue weighted by Crippen LogP contribution is 2.17. The van der Waals surface area contributed by atoms with E-state index in [0.717, 1.165) is 24.9 Å². The van der Waals surface area contributed by atoms with Crippen molar-refractivity contribution in [2.45, 2.75) is 26.2 Å². The number of esters is 1. The smallest absolute Gasteiger partial charge is 0.310 e. The number of carbonyl (C=O) groups is 2. The van der Waals surface area contributed by atoms with Gasteiger partial charge < -0.3 is 10.1 Å². The molecule has 1 aromatic rings. The zero-order valence-corrected chi connectivity index (χ0v) is 14.1. The summed E-state index contributed by atoms with van der Waals surface area (Å²) in [5.41, 5.74) is 0.983. The van der Waals surface area contributed by atoms with E-state index in [-0.39, 0.29) is 23.6 Å². The number of piperidine rings is 1. The standard InChI is InChI=1S/C18H25FN2O3/c1-2-24-18(23)15-4-3-11-21(12-15)13-17(22)20-10-9-14-5-7-16(19)8-6-14/h5-8,15H,2-4,9-13H2,1H3,(H,20,22). The van der Waals surface area contributed by atoms with E-state index >= 15 is 0 Å². The first-order valence-electron chi connectivity index (χ1n) is 8.48. The summed E-state index contributed by atoms with van der Waals surface area (Å²) in [7, 11) is 0. The van der Waals surface area contributed by atoms with E-state index in [1.165, 1.54) is 12.1 Å². The predicted octanol–water partition coefficient (Wildman–Crippen LogP) is 1.76. The van der Waals surface area contributed by atoms with E-state index in [9.17, 15) is 14.0 Å². The molecule has 6 heteroatoms. The highest BCUT2D eigenvalue weighted by molar-refractivity contribution is 5.78. The SMILES string of the molecule is CCOC(=O)C1CCCN(CC(=O)NCCc2ccc(F)cc2)C1. The maximum Gasteiger partial charge on any atom is 0.310 e. The zero-order valence-electron chi connectivity index (χ0n) is 14.1. The van der Waals surface area contributed by atoms with Gasteiger partial charge in [0.05, 0.1) is 19.1 Å². The van der Waals surface area contributed by atoms with Gasteiger partial charge in [-0.2, -0.15) is 0 Å². The normalized spacial score (nSPS) is 18.2.